The standard InChI is InChI=1S/C17H20N4O3S/c1-2-8-21-17(22)14-10-15(12-19-11-14)20-9-7-13-3-5-16(6-4-13)25(18,23)24/h2-6,10-12,20H,1,7-9H2,(H,21,22)(H2,18,23,24). The van der Waals surface area contributed by atoms with Crippen LogP contribution in [0.5, 0.6) is 0 Å². The normalized spacial score (nSPS) is 10.9. The highest BCUT2D eigenvalue weighted by Crippen LogP contribution is 2.11. The van der Waals surface area contributed by atoms with Gasteiger partial charge in [-0.05, 0) is 30.2 Å². The molecule has 8 heteroatoms. The van der Waals surface area contributed by atoms with E-state index in [0.29, 0.717) is 25.1 Å². The van der Waals surface area contributed by atoms with E-state index in [2.05, 4.69) is 22.2 Å². The van der Waals surface area contributed by atoms with Crippen LogP contribution in [0.15, 0.2) is 60.3 Å². The monoisotopic (exact) mass is 360 g/mol. The maximum atomic E-state index is 11.9. The first-order valence-corrected chi connectivity index (χ1v) is 9.14. The zero-order chi connectivity index (χ0) is 18.3. The van der Waals surface area contributed by atoms with Crippen LogP contribution in [-0.4, -0.2) is 32.4 Å². The second-order valence-electron chi connectivity index (χ2n) is 5.33. The van der Waals surface area contributed by atoms with Crippen LogP contribution in [0, 0.1) is 0 Å². The molecule has 1 aromatic carbocycles. The number of primary sulfonamides is 1. The second-order valence-corrected chi connectivity index (χ2v) is 6.89. The molecular formula is C17H20N4O3S. The highest BCUT2D eigenvalue weighted by atomic mass is 32.2. The summed E-state index contributed by atoms with van der Waals surface area (Å²) >= 11 is 0. The molecule has 0 saturated heterocycles. The molecule has 25 heavy (non-hydrogen) atoms. The molecule has 0 aliphatic heterocycles. The van der Waals surface area contributed by atoms with E-state index in [0.717, 1.165) is 11.3 Å². The summed E-state index contributed by atoms with van der Waals surface area (Å²) in [6, 6.07) is 8.13. The van der Waals surface area contributed by atoms with Gasteiger partial charge >= 0.3 is 0 Å². The van der Waals surface area contributed by atoms with Crippen LogP contribution in [0.25, 0.3) is 0 Å². The third-order valence-electron chi connectivity index (χ3n) is 3.40. The predicted molar refractivity (Wildman–Crippen MR) is 96.8 cm³/mol. The van der Waals surface area contributed by atoms with E-state index in [4.69, 9.17) is 5.14 Å². The summed E-state index contributed by atoms with van der Waals surface area (Å²) in [6.07, 6.45) is 5.41. The van der Waals surface area contributed by atoms with E-state index in [1.165, 1.54) is 18.3 Å². The number of carbonyl (C=O) groups excluding carboxylic acids is 1. The second kappa shape index (κ2) is 8.41. The lowest BCUT2D eigenvalue weighted by atomic mass is 10.1. The number of pyridine rings is 1. The van der Waals surface area contributed by atoms with Gasteiger partial charge in [0.2, 0.25) is 10.0 Å². The molecule has 132 valence electrons. The van der Waals surface area contributed by atoms with Crippen molar-refractivity contribution in [2.45, 2.75) is 11.3 Å². The lowest BCUT2D eigenvalue weighted by molar-refractivity contribution is 0.0957. The van der Waals surface area contributed by atoms with Gasteiger partial charge in [-0.2, -0.15) is 0 Å². The summed E-state index contributed by atoms with van der Waals surface area (Å²) in [6.45, 7) is 4.55. The molecule has 1 heterocycles. The number of sulfonamides is 1. The van der Waals surface area contributed by atoms with Crippen molar-refractivity contribution in [1.82, 2.24) is 10.3 Å². The summed E-state index contributed by atoms with van der Waals surface area (Å²) < 4.78 is 22.4. The predicted octanol–water partition coefficient (Wildman–Crippen LogP) is 1.30. The van der Waals surface area contributed by atoms with Crippen molar-refractivity contribution in [3.05, 3.63) is 66.5 Å². The Bertz CT molecular complexity index is 848. The van der Waals surface area contributed by atoms with E-state index >= 15 is 0 Å². The molecule has 0 spiro atoms. The van der Waals surface area contributed by atoms with Crippen molar-refractivity contribution in [3.63, 3.8) is 0 Å². The van der Waals surface area contributed by atoms with Crippen molar-refractivity contribution < 1.29 is 13.2 Å². The maximum absolute atomic E-state index is 11.9. The molecule has 0 aliphatic carbocycles. The first kappa shape index (κ1) is 18.6. The van der Waals surface area contributed by atoms with Crippen molar-refractivity contribution in [1.29, 1.82) is 0 Å². The van der Waals surface area contributed by atoms with Gasteiger partial charge < -0.3 is 10.6 Å². The third-order valence-corrected chi connectivity index (χ3v) is 4.33. The zero-order valence-corrected chi connectivity index (χ0v) is 14.4. The van der Waals surface area contributed by atoms with Crippen molar-refractivity contribution in [2.24, 2.45) is 5.14 Å². The number of rotatable bonds is 8. The van der Waals surface area contributed by atoms with Gasteiger partial charge in [0.05, 0.1) is 16.1 Å². The smallest absolute Gasteiger partial charge is 0.253 e. The van der Waals surface area contributed by atoms with Gasteiger partial charge in [-0.3, -0.25) is 9.78 Å². The van der Waals surface area contributed by atoms with Crippen LogP contribution in [-0.2, 0) is 16.4 Å². The quantitative estimate of drug-likeness (QED) is 0.614. The number of hydrogen-bond donors (Lipinski definition) is 3. The molecule has 0 atom stereocenters. The van der Waals surface area contributed by atoms with E-state index < -0.39 is 10.0 Å². The molecule has 0 fully saturated rings. The summed E-state index contributed by atoms with van der Waals surface area (Å²) in [5.41, 5.74) is 2.16. The SMILES string of the molecule is C=CCNC(=O)c1cncc(NCCc2ccc(S(N)(=O)=O)cc2)c1. The number of nitrogens with one attached hydrogen (secondary N) is 2. The number of hydrogen-bond acceptors (Lipinski definition) is 5. The Morgan fingerprint density at radius 3 is 2.60 bits per heavy atom. The van der Waals surface area contributed by atoms with Gasteiger partial charge in [0.1, 0.15) is 0 Å². The Kier molecular flexibility index (Phi) is 6.26. The largest absolute Gasteiger partial charge is 0.383 e. The van der Waals surface area contributed by atoms with E-state index in [-0.39, 0.29) is 10.8 Å². The van der Waals surface area contributed by atoms with Gasteiger partial charge in [0, 0.05) is 25.5 Å². The van der Waals surface area contributed by atoms with Crippen LogP contribution in [0.3, 0.4) is 0 Å². The highest BCUT2D eigenvalue weighted by Gasteiger charge is 2.07. The summed E-state index contributed by atoms with van der Waals surface area (Å²) in [7, 11) is -3.67. The van der Waals surface area contributed by atoms with E-state index in [1.54, 1.807) is 30.5 Å². The minimum Gasteiger partial charge on any atom is -0.383 e. The number of anilines is 1. The molecule has 1 amide bonds. The van der Waals surface area contributed by atoms with Gasteiger partial charge in [0.15, 0.2) is 0 Å². The molecule has 4 N–H and O–H groups in total. The molecule has 0 bridgehead atoms. The first-order valence-electron chi connectivity index (χ1n) is 7.60. The number of nitrogens with zero attached hydrogens (tertiary/aromatic N) is 1. The number of aromatic nitrogens is 1. The molecule has 0 radical (unpaired) electrons. The van der Waals surface area contributed by atoms with Gasteiger partial charge in [0.25, 0.3) is 5.91 Å². The Hall–Kier alpha value is -2.71. The number of amides is 1. The van der Waals surface area contributed by atoms with Crippen LogP contribution in [0.2, 0.25) is 0 Å². The van der Waals surface area contributed by atoms with Crippen LogP contribution >= 0.6 is 0 Å². The van der Waals surface area contributed by atoms with Gasteiger partial charge in [-0.1, -0.05) is 18.2 Å². The average Bonchev–Trinajstić information content (AvgIpc) is 2.59. The average molecular weight is 360 g/mol. The zero-order valence-electron chi connectivity index (χ0n) is 13.6. The fraction of sp³-hybridized carbons (Fsp3) is 0.176. The lowest BCUT2D eigenvalue weighted by Gasteiger charge is -2.08. The lowest BCUT2D eigenvalue weighted by Crippen LogP contribution is -2.23. The molecule has 0 aliphatic rings. The molecule has 0 saturated carbocycles. The minimum atomic E-state index is -3.67. The number of benzene rings is 1. The fourth-order valence-electron chi connectivity index (χ4n) is 2.12. The van der Waals surface area contributed by atoms with Gasteiger partial charge in [-0.15, -0.1) is 6.58 Å². The molecule has 2 aromatic rings. The highest BCUT2D eigenvalue weighted by molar-refractivity contribution is 7.89. The Morgan fingerprint density at radius 1 is 1.24 bits per heavy atom. The fourth-order valence-corrected chi connectivity index (χ4v) is 2.64. The Labute approximate surface area is 147 Å². The summed E-state index contributed by atoms with van der Waals surface area (Å²) in [5, 5.41) is 10.9. The van der Waals surface area contributed by atoms with E-state index in [9.17, 15) is 13.2 Å². The molecule has 2 rings (SSSR count). The van der Waals surface area contributed by atoms with Gasteiger partial charge in [-0.25, -0.2) is 13.6 Å². The summed E-state index contributed by atoms with van der Waals surface area (Å²) in [5.74, 6) is -0.213. The number of nitrogens with two attached hydrogens (primary N) is 1. The Balaban J connectivity index is 1.91. The van der Waals surface area contributed by atoms with Crippen LogP contribution < -0.4 is 15.8 Å². The molecule has 7 nitrogen and oxygen atoms in total. The maximum Gasteiger partial charge on any atom is 0.253 e. The third kappa shape index (κ3) is 5.70. The van der Waals surface area contributed by atoms with E-state index in [1.807, 2.05) is 0 Å². The molecular weight excluding hydrogens is 340 g/mol. The minimum absolute atomic E-state index is 0.0895. The van der Waals surface area contributed by atoms with Crippen molar-refractivity contribution in [2.75, 3.05) is 18.4 Å². The molecule has 0 unspecified atom stereocenters. The topological polar surface area (TPSA) is 114 Å². The van der Waals surface area contributed by atoms with Crippen LogP contribution in [0.4, 0.5) is 5.69 Å². The van der Waals surface area contributed by atoms with Crippen molar-refractivity contribution in [3.8, 4) is 0 Å². The van der Waals surface area contributed by atoms with Crippen molar-refractivity contribution >= 4 is 21.6 Å². The summed E-state index contributed by atoms with van der Waals surface area (Å²) in [4.78, 5) is 16.0. The Morgan fingerprint density at radius 2 is 1.96 bits per heavy atom. The first-order chi connectivity index (χ1) is 11.9. The molecule has 1 aromatic heterocycles. The number of carbonyl (C=O) groups is 1. The van der Waals surface area contributed by atoms with Crippen LogP contribution in [0.1, 0.15) is 15.9 Å².